The van der Waals surface area contributed by atoms with Crippen molar-refractivity contribution in [2.24, 2.45) is 5.10 Å². The van der Waals surface area contributed by atoms with Gasteiger partial charge in [-0.2, -0.15) is 5.10 Å². The minimum absolute atomic E-state index is 0.0226. The van der Waals surface area contributed by atoms with Gasteiger partial charge in [0.25, 0.3) is 5.69 Å². The van der Waals surface area contributed by atoms with Crippen LogP contribution in [-0.2, 0) is 0 Å². The Kier molecular flexibility index (Phi) is 8.06. The van der Waals surface area contributed by atoms with E-state index in [2.05, 4.69) is 15.5 Å². The molecule has 0 spiro atoms. The van der Waals surface area contributed by atoms with Gasteiger partial charge >= 0.3 is 5.97 Å². The number of nitro benzene ring substituents is 1. The van der Waals surface area contributed by atoms with Crippen molar-refractivity contribution in [1.29, 1.82) is 0 Å². The molecule has 0 atom stereocenters. The number of aromatic nitrogens is 1. The molecule has 1 N–H and O–H groups in total. The number of rotatable bonds is 10. The minimum atomic E-state index is -0.532. The summed E-state index contributed by atoms with van der Waals surface area (Å²) in [6, 6.07) is 18.0. The number of methoxy groups -OCH3 is 1. The molecule has 0 amide bonds. The normalized spacial score (nSPS) is 10.8. The molecule has 0 aliphatic carbocycles. The van der Waals surface area contributed by atoms with Crippen molar-refractivity contribution in [3.8, 4) is 28.5 Å². The van der Waals surface area contributed by atoms with E-state index in [1.165, 1.54) is 30.6 Å². The molecule has 0 saturated heterocycles. The fourth-order valence-corrected chi connectivity index (χ4v) is 3.91. The average molecular weight is 519 g/mol. The van der Waals surface area contributed by atoms with Crippen molar-refractivity contribution < 1.29 is 23.9 Å². The summed E-state index contributed by atoms with van der Waals surface area (Å²) >= 11 is 1.35. The molecule has 1 aromatic heterocycles. The number of anilines is 1. The Bertz CT molecular complexity index is 1440. The van der Waals surface area contributed by atoms with Crippen LogP contribution in [0.5, 0.6) is 17.2 Å². The van der Waals surface area contributed by atoms with Crippen molar-refractivity contribution in [3.05, 3.63) is 93.4 Å². The molecule has 0 fully saturated rings. The van der Waals surface area contributed by atoms with Crippen LogP contribution in [-0.4, -0.2) is 35.8 Å². The Hall–Kier alpha value is -4.77. The van der Waals surface area contributed by atoms with Crippen LogP contribution in [0.25, 0.3) is 11.3 Å². The van der Waals surface area contributed by atoms with E-state index >= 15 is 0 Å². The summed E-state index contributed by atoms with van der Waals surface area (Å²) in [6.45, 7) is 2.22. The van der Waals surface area contributed by atoms with E-state index in [1.54, 1.807) is 60.8 Å². The van der Waals surface area contributed by atoms with E-state index in [-0.39, 0.29) is 11.4 Å². The van der Waals surface area contributed by atoms with Gasteiger partial charge in [-0.15, -0.1) is 11.3 Å². The smallest absolute Gasteiger partial charge is 0.343 e. The van der Waals surface area contributed by atoms with E-state index in [9.17, 15) is 14.9 Å². The fraction of sp³-hybridized carbons (Fsp3) is 0.115. The number of nitrogens with one attached hydrogen (secondary N) is 1. The predicted molar refractivity (Wildman–Crippen MR) is 141 cm³/mol. The number of nitrogens with zero attached hydrogens (tertiary/aromatic N) is 3. The Balaban J connectivity index is 1.42. The molecular formula is C26H22N4O6S. The second-order valence-electron chi connectivity index (χ2n) is 7.47. The Labute approximate surface area is 216 Å². The Morgan fingerprint density at radius 1 is 1.14 bits per heavy atom. The summed E-state index contributed by atoms with van der Waals surface area (Å²) in [4.78, 5) is 27.4. The van der Waals surface area contributed by atoms with Crippen molar-refractivity contribution in [1.82, 2.24) is 4.98 Å². The van der Waals surface area contributed by atoms with Gasteiger partial charge in [0.15, 0.2) is 11.5 Å². The molecule has 0 aliphatic heterocycles. The molecule has 4 rings (SSSR count). The molecule has 11 heteroatoms. The largest absolute Gasteiger partial charge is 0.497 e. The first-order valence-corrected chi connectivity index (χ1v) is 12.0. The van der Waals surface area contributed by atoms with Gasteiger partial charge in [-0.25, -0.2) is 9.78 Å². The molecule has 0 bridgehead atoms. The highest BCUT2D eigenvalue weighted by Gasteiger charge is 2.14. The lowest BCUT2D eigenvalue weighted by molar-refractivity contribution is -0.384. The summed E-state index contributed by atoms with van der Waals surface area (Å²) in [5.74, 6) is 0.707. The van der Waals surface area contributed by atoms with E-state index in [0.29, 0.717) is 40.1 Å². The minimum Gasteiger partial charge on any atom is -0.497 e. The maximum atomic E-state index is 12.6. The van der Waals surface area contributed by atoms with Gasteiger partial charge in [-0.3, -0.25) is 15.5 Å². The molecule has 0 saturated carbocycles. The summed E-state index contributed by atoms with van der Waals surface area (Å²) in [5, 5.41) is 17.4. The standard InChI is InChI=1S/C26H22N4O6S/c1-3-35-24-13-17(7-12-23(24)36-25(31)19-5-4-6-21(14-19)34-2)15-27-29-26-28-22(16-37-26)18-8-10-20(11-9-18)30(32)33/h4-16H,3H2,1-2H3,(H,28,29). The number of non-ortho nitro benzene ring substituents is 1. The van der Waals surface area contributed by atoms with Crippen LogP contribution in [0.3, 0.4) is 0 Å². The van der Waals surface area contributed by atoms with Gasteiger partial charge in [-0.05, 0) is 61.0 Å². The highest BCUT2D eigenvalue weighted by Crippen LogP contribution is 2.30. The summed E-state index contributed by atoms with van der Waals surface area (Å²) in [6.07, 6.45) is 1.59. The van der Waals surface area contributed by atoms with Gasteiger partial charge in [0, 0.05) is 23.1 Å². The number of benzene rings is 3. The maximum absolute atomic E-state index is 12.6. The van der Waals surface area contributed by atoms with Crippen LogP contribution >= 0.6 is 11.3 Å². The second kappa shape index (κ2) is 11.8. The monoisotopic (exact) mass is 518 g/mol. The van der Waals surface area contributed by atoms with Crippen molar-refractivity contribution >= 4 is 34.3 Å². The first-order valence-electron chi connectivity index (χ1n) is 11.1. The second-order valence-corrected chi connectivity index (χ2v) is 8.33. The van der Waals surface area contributed by atoms with E-state index in [1.807, 2.05) is 12.3 Å². The lowest BCUT2D eigenvalue weighted by Gasteiger charge is -2.11. The molecule has 0 radical (unpaired) electrons. The summed E-state index contributed by atoms with van der Waals surface area (Å²) in [7, 11) is 1.53. The van der Waals surface area contributed by atoms with Crippen molar-refractivity contribution in [2.45, 2.75) is 6.92 Å². The molecule has 37 heavy (non-hydrogen) atoms. The first kappa shape index (κ1) is 25.3. The summed E-state index contributed by atoms with van der Waals surface area (Å²) in [5.41, 5.74) is 5.41. The molecule has 10 nitrogen and oxygen atoms in total. The number of carbonyl (C=O) groups excluding carboxylic acids is 1. The molecule has 188 valence electrons. The number of ether oxygens (including phenoxy) is 3. The Morgan fingerprint density at radius 3 is 2.68 bits per heavy atom. The maximum Gasteiger partial charge on any atom is 0.343 e. The fourth-order valence-electron chi connectivity index (χ4n) is 3.24. The molecule has 3 aromatic carbocycles. The van der Waals surface area contributed by atoms with E-state index < -0.39 is 10.9 Å². The van der Waals surface area contributed by atoms with Gasteiger partial charge in [-0.1, -0.05) is 6.07 Å². The van der Waals surface area contributed by atoms with Gasteiger partial charge in [0.1, 0.15) is 5.75 Å². The van der Waals surface area contributed by atoms with Crippen LogP contribution in [0.2, 0.25) is 0 Å². The Morgan fingerprint density at radius 2 is 1.95 bits per heavy atom. The molecular weight excluding hydrogens is 496 g/mol. The quantitative estimate of drug-likeness (QED) is 0.0919. The van der Waals surface area contributed by atoms with E-state index in [4.69, 9.17) is 14.2 Å². The lowest BCUT2D eigenvalue weighted by atomic mass is 10.1. The highest BCUT2D eigenvalue weighted by atomic mass is 32.1. The lowest BCUT2D eigenvalue weighted by Crippen LogP contribution is -2.10. The third-order valence-corrected chi connectivity index (χ3v) is 5.77. The number of nitro groups is 1. The first-order chi connectivity index (χ1) is 18.0. The SMILES string of the molecule is CCOc1cc(C=NNc2nc(-c3ccc([N+](=O)[O-])cc3)cs2)ccc1OC(=O)c1cccc(OC)c1. The molecule has 0 unspecified atom stereocenters. The van der Waals surface area contributed by atoms with Crippen LogP contribution in [0, 0.1) is 10.1 Å². The topological polar surface area (TPSA) is 125 Å². The van der Waals surface area contributed by atoms with Gasteiger partial charge in [0.2, 0.25) is 5.13 Å². The van der Waals surface area contributed by atoms with Crippen molar-refractivity contribution in [3.63, 3.8) is 0 Å². The molecule has 0 aliphatic rings. The van der Waals surface area contributed by atoms with Crippen LogP contribution in [0.15, 0.2) is 77.2 Å². The third-order valence-electron chi connectivity index (χ3n) is 5.03. The van der Waals surface area contributed by atoms with Crippen LogP contribution < -0.4 is 19.6 Å². The number of thiazole rings is 1. The average Bonchev–Trinajstić information content (AvgIpc) is 3.39. The predicted octanol–water partition coefficient (Wildman–Crippen LogP) is 5.79. The van der Waals surface area contributed by atoms with Crippen LogP contribution in [0.1, 0.15) is 22.8 Å². The van der Waals surface area contributed by atoms with E-state index in [0.717, 1.165) is 5.56 Å². The number of hydrogen-bond donors (Lipinski definition) is 1. The zero-order valence-corrected chi connectivity index (χ0v) is 20.7. The van der Waals surface area contributed by atoms with Crippen LogP contribution in [0.4, 0.5) is 10.8 Å². The highest BCUT2D eigenvalue weighted by molar-refractivity contribution is 7.14. The zero-order valence-electron chi connectivity index (χ0n) is 19.9. The number of hydrogen-bond acceptors (Lipinski definition) is 10. The van der Waals surface area contributed by atoms with Gasteiger partial charge < -0.3 is 14.2 Å². The molecule has 1 heterocycles. The molecule has 4 aromatic rings. The van der Waals surface area contributed by atoms with Crippen molar-refractivity contribution in [2.75, 3.05) is 19.1 Å². The number of hydrazone groups is 1. The third kappa shape index (κ3) is 6.47. The number of esters is 1. The number of carbonyl (C=O) groups is 1. The zero-order chi connectivity index (χ0) is 26.2. The summed E-state index contributed by atoms with van der Waals surface area (Å²) < 4.78 is 16.4. The van der Waals surface area contributed by atoms with Gasteiger partial charge in [0.05, 0.1) is 36.1 Å².